The molecule has 0 radical (unpaired) electrons. The van der Waals surface area contributed by atoms with Crippen molar-refractivity contribution in [2.24, 2.45) is 0 Å². The first-order valence-electron chi connectivity index (χ1n) is 7.35. The van der Waals surface area contributed by atoms with Gasteiger partial charge < -0.3 is 14.8 Å². The largest absolute Gasteiger partial charge is 0.497 e. The molecule has 3 rings (SSSR count). The molecule has 0 aliphatic carbocycles. The van der Waals surface area contributed by atoms with Gasteiger partial charge in [-0.1, -0.05) is 25.1 Å². The second kappa shape index (κ2) is 5.72. The normalized spacial score (nSPS) is 19.2. The summed E-state index contributed by atoms with van der Waals surface area (Å²) in [5.41, 5.74) is 2.35. The second-order valence-electron chi connectivity index (χ2n) is 5.52. The molecule has 0 saturated carbocycles. The van der Waals surface area contributed by atoms with E-state index in [4.69, 9.17) is 9.47 Å². The summed E-state index contributed by atoms with van der Waals surface area (Å²) < 4.78 is 11.0. The van der Waals surface area contributed by atoms with Crippen LogP contribution in [0.1, 0.15) is 35.7 Å². The molecule has 2 aromatic rings. The Kier molecular flexibility index (Phi) is 3.75. The molecular weight excluding hydrogens is 278 g/mol. The highest BCUT2D eigenvalue weighted by atomic mass is 16.5. The Morgan fingerprint density at radius 3 is 2.73 bits per heavy atom. The first kappa shape index (κ1) is 14.4. The van der Waals surface area contributed by atoms with Gasteiger partial charge in [-0.15, -0.1) is 0 Å². The van der Waals surface area contributed by atoms with E-state index in [-0.39, 0.29) is 12.0 Å². The van der Waals surface area contributed by atoms with Crippen LogP contribution in [0.25, 0.3) is 0 Å². The fourth-order valence-electron chi connectivity index (χ4n) is 2.66. The van der Waals surface area contributed by atoms with E-state index in [0.29, 0.717) is 28.7 Å². The SMILES string of the molecule is COc1cccc(NC(=O)c2cccc3c2OC(C)C3C)c1. The molecule has 2 aromatic carbocycles. The third-order valence-electron chi connectivity index (χ3n) is 4.12. The average Bonchev–Trinajstić information content (AvgIpc) is 2.82. The molecule has 1 heterocycles. The molecule has 2 unspecified atom stereocenters. The van der Waals surface area contributed by atoms with E-state index < -0.39 is 0 Å². The first-order chi connectivity index (χ1) is 10.6. The average molecular weight is 297 g/mol. The number of hydrogen-bond donors (Lipinski definition) is 1. The lowest BCUT2D eigenvalue weighted by molar-refractivity contribution is 0.102. The van der Waals surface area contributed by atoms with Crippen LogP contribution in [0.2, 0.25) is 0 Å². The summed E-state index contributed by atoms with van der Waals surface area (Å²) in [4.78, 5) is 12.6. The highest BCUT2D eigenvalue weighted by Crippen LogP contribution is 2.40. The van der Waals surface area contributed by atoms with Crippen LogP contribution in [0.4, 0.5) is 5.69 Å². The predicted octanol–water partition coefficient (Wildman–Crippen LogP) is 3.83. The minimum absolute atomic E-state index is 0.0840. The van der Waals surface area contributed by atoms with Gasteiger partial charge in [0.2, 0.25) is 0 Å². The molecule has 0 saturated heterocycles. The lowest BCUT2D eigenvalue weighted by Crippen LogP contribution is -2.14. The van der Waals surface area contributed by atoms with Crippen LogP contribution < -0.4 is 14.8 Å². The number of benzene rings is 2. The number of ether oxygens (including phenoxy) is 2. The quantitative estimate of drug-likeness (QED) is 0.936. The van der Waals surface area contributed by atoms with Gasteiger partial charge in [-0.25, -0.2) is 0 Å². The molecule has 1 amide bonds. The summed E-state index contributed by atoms with van der Waals surface area (Å²) in [6.45, 7) is 4.13. The van der Waals surface area contributed by atoms with Gasteiger partial charge in [0.05, 0.1) is 12.7 Å². The topological polar surface area (TPSA) is 47.6 Å². The Morgan fingerprint density at radius 1 is 1.18 bits per heavy atom. The molecule has 4 nitrogen and oxygen atoms in total. The summed E-state index contributed by atoms with van der Waals surface area (Å²) in [7, 11) is 1.60. The van der Waals surface area contributed by atoms with Gasteiger partial charge in [0.25, 0.3) is 5.91 Å². The summed E-state index contributed by atoms with van der Waals surface area (Å²) >= 11 is 0. The van der Waals surface area contributed by atoms with Crippen molar-refractivity contribution in [3.63, 3.8) is 0 Å². The van der Waals surface area contributed by atoms with Crippen LogP contribution in [0.15, 0.2) is 42.5 Å². The van der Waals surface area contributed by atoms with Crippen LogP contribution in [0.3, 0.4) is 0 Å². The van der Waals surface area contributed by atoms with Crippen LogP contribution in [0.5, 0.6) is 11.5 Å². The molecule has 4 heteroatoms. The van der Waals surface area contributed by atoms with Crippen molar-refractivity contribution in [2.75, 3.05) is 12.4 Å². The smallest absolute Gasteiger partial charge is 0.259 e. The zero-order valence-corrected chi connectivity index (χ0v) is 12.9. The van der Waals surface area contributed by atoms with Crippen molar-refractivity contribution in [2.45, 2.75) is 25.9 Å². The standard InChI is InChI=1S/C18H19NO3/c1-11-12(2)22-17-15(11)8-5-9-16(17)18(20)19-13-6-4-7-14(10-13)21-3/h4-12H,1-3H3,(H,19,20). The second-order valence-corrected chi connectivity index (χ2v) is 5.52. The Bertz CT molecular complexity index is 711. The third kappa shape index (κ3) is 2.52. The van der Waals surface area contributed by atoms with Gasteiger partial charge >= 0.3 is 0 Å². The predicted molar refractivity (Wildman–Crippen MR) is 85.9 cm³/mol. The molecule has 0 spiro atoms. The zero-order valence-electron chi connectivity index (χ0n) is 12.9. The van der Waals surface area contributed by atoms with E-state index in [1.165, 1.54) is 0 Å². The van der Waals surface area contributed by atoms with E-state index >= 15 is 0 Å². The summed E-state index contributed by atoms with van der Waals surface area (Å²) in [5.74, 6) is 1.52. The fourth-order valence-corrected chi connectivity index (χ4v) is 2.66. The molecule has 22 heavy (non-hydrogen) atoms. The van der Waals surface area contributed by atoms with Gasteiger partial charge in [-0.05, 0) is 25.1 Å². The molecule has 0 bridgehead atoms. The number of carbonyl (C=O) groups excluding carboxylic acids is 1. The number of methoxy groups -OCH3 is 1. The van der Waals surface area contributed by atoms with Gasteiger partial charge in [-0.3, -0.25) is 4.79 Å². The number of amides is 1. The van der Waals surface area contributed by atoms with Crippen molar-refractivity contribution in [1.29, 1.82) is 0 Å². The van der Waals surface area contributed by atoms with E-state index in [1.807, 2.05) is 37.3 Å². The third-order valence-corrected chi connectivity index (χ3v) is 4.12. The molecule has 114 valence electrons. The lowest BCUT2D eigenvalue weighted by atomic mass is 9.97. The van der Waals surface area contributed by atoms with E-state index in [1.54, 1.807) is 19.2 Å². The molecule has 1 N–H and O–H groups in total. The number of para-hydroxylation sites is 1. The van der Waals surface area contributed by atoms with E-state index in [0.717, 1.165) is 5.56 Å². The molecule has 1 aliphatic heterocycles. The number of nitrogens with one attached hydrogen (secondary N) is 1. The fraction of sp³-hybridized carbons (Fsp3) is 0.278. The van der Waals surface area contributed by atoms with Crippen molar-refractivity contribution >= 4 is 11.6 Å². The van der Waals surface area contributed by atoms with Crippen LogP contribution >= 0.6 is 0 Å². The van der Waals surface area contributed by atoms with Crippen molar-refractivity contribution in [3.05, 3.63) is 53.6 Å². The van der Waals surface area contributed by atoms with Crippen LogP contribution in [0, 0.1) is 0 Å². The van der Waals surface area contributed by atoms with Crippen molar-refractivity contribution in [1.82, 2.24) is 0 Å². The summed E-state index contributed by atoms with van der Waals surface area (Å²) in [6.07, 6.45) is 0.0840. The molecular formula is C18H19NO3. The number of hydrogen-bond acceptors (Lipinski definition) is 3. The number of fused-ring (bicyclic) bond motifs is 1. The van der Waals surface area contributed by atoms with E-state index in [9.17, 15) is 4.79 Å². The minimum Gasteiger partial charge on any atom is -0.497 e. The monoisotopic (exact) mass is 297 g/mol. The number of rotatable bonds is 3. The molecule has 1 aliphatic rings. The maximum atomic E-state index is 12.6. The minimum atomic E-state index is -0.175. The molecule has 0 aromatic heterocycles. The van der Waals surface area contributed by atoms with Gasteiger partial charge in [0.1, 0.15) is 17.6 Å². The summed E-state index contributed by atoms with van der Waals surface area (Å²) in [5, 5.41) is 2.89. The van der Waals surface area contributed by atoms with Gasteiger partial charge in [0, 0.05) is 23.2 Å². The van der Waals surface area contributed by atoms with Crippen molar-refractivity contribution < 1.29 is 14.3 Å². The number of carbonyl (C=O) groups is 1. The van der Waals surface area contributed by atoms with E-state index in [2.05, 4.69) is 12.2 Å². The highest BCUT2D eigenvalue weighted by molar-refractivity contribution is 6.06. The van der Waals surface area contributed by atoms with Crippen molar-refractivity contribution in [3.8, 4) is 11.5 Å². The Labute approximate surface area is 130 Å². The van der Waals surface area contributed by atoms with Crippen LogP contribution in [-0.2, 0) is 0 Å². The van der Waals surface area contributed by atoms with Gasteiger partial charge in [0.15, 0.2) is 0 Å². The first-order valence-corrected chi connectivity index (χ1v) is 7.35. The highest BCUT2D eigenvalue weighted by Gasteiger charge is 2.31. The zero-order chi connectivity index (χ0) is 15.7. The Balaban J connectivity index is 1.88. The number of anilines is 1. The van der Waals surface area contributed by atoms with Crippen LogP contribution in [-0.4, -0.2) is 19.1 Å². The Hall–Kier alpha value is -2.49. The summed E-state index contributed by atoms with van der Waals surface area (Å²) in [6, 6.07) is 13.0. The molecule has 2 atom stereocenters. The Morgan fingerprint density at radius 2 is 1.95 bits per heavy atom. The van der Waals surface area contributed by atoms with Gasteiger partial charge in [-0.2, -0.15) is 0 Å². The lowest BCUT2D eigenvalue weighted by Gasteiger charge is -2.10. The molecule has 0 fully saturated rings. The maximum absolute atomic E-state index is 12.6. The maximum Gasteiger partial charge on any atom is 0.259 e.